The Labute approximate surface area is 101 Å². The van der Waals surface area contributed by atoms with E-state index in [4.69, 9.17) is 5.84 Å². The first-order valence-electron chi connectivity index (χ1n) is 4.53. The minimum Gasteiger partial charge on any atom is -0.315 e. The molecule has 1 heterocycles. The molecule has 0 aliphatic carbocycles. The molecule has 0 aliphatic heterocycles. The van der Waals surface area contributed by atoms with E-state index in [1.165, 1.54) is 16.0 Å². The summed E-state index contributed by atoms with van der Waals surface area (Å²) in [6.07, 6.45) is 0. The molecule has 1 aromatic carbocycles. The van der Waals surface area contributed by atoms with Gasteiger partial charge in [-0.15, -0.1) is 11.3 Å². The number of thiophene rings is 1. The Balaban J connectivity index is 2.44. The van der Waals surface area contributed by atoms with Crippen LogP contribution in [0.2, 0.25) is 0 Å². The fourth-order valence-electron chi connectivity index (χ4n) is 1.47. The third-order valence-corrected chi connectivity index (χ3v) is 3.73. The molecule has 78 valence electrons. The maximum atomic E-state index is 5.39. The Bertz CT molecular complexity index is 462. The monoisotopic (exact) mass is 282 g/mol. The first kappa shape index (κ1) is 10.7. The van der Waals surface area contributed by atoms with E-state index in [2.05, 4.69) is 46.5 Å². The summed E-state index contributed by atoms with van der Waals surface area (Å²) in [4.78, 5) is 1.27. The van der Waals surface area contributed by atoms with Crippen molar-refractivity contribution in [3.8, 4) is 11.1 Å². The van der Waals surface area contributed by atoms with Crippen LogP contribution in [0.5, 0.6) is 0 Å². The summed E-state index contributed by atoms with van der Waals surface area (Å²) < 4.78 is 1.09. The molecule has 3 N–H and O–H groups in total. The molecule has 15 heavy (non-hydrogen) atoms. The van der Waals surface area contributed by atoms with E-state index in [-0.39, 0.29) is 0 Å². The lowest BCUT2D eigenvalue weighted by molar-refractivity contribution is 1.39. The lowest BCUT2D eigenvalue weighted by Crippen LogP contribution is -2.04. The molecule has 0 saturated heterocycles. The highest BCUT2D eigenvalue weighted by atomic mass is 79.9. The second kappa shape index (κ2) is 4.35. The number of hydrogen-bond donors (Lipinski definition) is 2. The molecule has 2 rings (SSSR count). The zero-order chi connectivity index (χ0) is 10.8. The zero-order valence-electron chi connectivity index (χ0n) is 8.25. The highest BCUT2D eigenvalue weighted by molar-refractivity contribution is 9.10. The minimum atomic E-state index is 0.991. The van der Waals surface area contributed by atoms with Gasteiger partial charge in [0.1, 0.15) is 5.00 Å². The summed E-state index contributed by atoms with van der Waals surface area (Å²) in [5.74, 6) is 5.39. The summed E-state index contributed by atoms with van der Waals surface area (Å²) in [6.45, 7) is 2.10. The number of nitrogens with one attached hydrogen (secondary N) is 1. The van der Waals surface area contributed by atoms with E-state index in [1.807, 2.05) is 12.1 Å². The summed E-state index contributed by atoms with van der Waals surface area (Å²) in [6, 6.07) is 10.4. The number of anilines is 1. The van der Waals surface area contributed by atoms with Crippen LogP contribution in [0.1, 0.15) is 4.88 Å². The molecular formula is C11H11BrN2S. The van der Waals surface area contributed by atoms with E-state index in [0.717, 1.165) is 9.47 Å². The van der Waals surface area contributed by atoms with Crippen LogP contribution >= 0.6 is 27.3 Å². The molecule has 0 bridgehead atoms. The normalized spacial score (nSPS) is 10.3. The maximum Gasteiger partial charge on any atom is 0.103 e. The Morgan fingerprint density at radius 1 is 1.27 bits per heavy atom. The Morgan fingerprint density at radius 2 is 1.93 bits per heavy atom. The number of nitrogens with two attached hydrogens (primary N) is 1. The molecule has 1 aromatic heterocycles. The number of nitrogen functional groups attached to an aromatic ring is 1. The number of halogens is 1. The molecule has 2 aromatic rings. The number of benzene rings is 1. The van der Waals surface area contributed by atoms with E-state index in [9.17, 15) is 0 Å². The van der Waals surface area contributed by atoms with E-state index >= 15 is 0 Å². The third-order valence-electron chi connectivity index (χ3n) is 2.22. The van der Waals surface area contributed by atoms with Crippen molar-refractivity contribution in [3.63, 3.8) is 0 Å². The zero-order valence-corrected chi connectivity index (χ0v) is 10.7. The highest BCUT2D eigenvalue weighted by Crippen LogP contribution is 2.33. The lowest BCUT2D eigenvalue weighted by Gasteiger charge is -1.99. The molecule has 0 amide bonds. The van der Waals surface area contributed by atoms with Gasteiger partial charge in [0.2, 0.25) is 0 Å². The standard InChI is InChI=1S/C11H11BrN2S/c1-7-10(6-11(14-13)15-7)8-2-4-9(12)5-3-8/h2-6,14H,13H2,1H3. The van der Waals surface area contributed by atoms with Gasteiger partial charge in [0.15, 0.2) is 0 Å². The smallest absolute Gasteiger partial charge is 0.103 e. The van der Waals surface area contributed by atoms with Crippen LogP contribution in [0, 0.1) is 6.92 Å². The van der Waals surface area contributed by atoms with Gasteiger partial charge in [0.05, 0.1) is 0 Å². The molecule has 0 spiro atoms. The van der Waals surface area contributed by atoms with Crippen molar-refractivity contribution in [3.05, 3.63) is 39.7 Å². The molecule has 0 radical (unpaired) electrons. The molecule has 0 saturated carbocycles. The third kappa shape index (κ3) is 2.22. The summed E-state index contributed by atoms with van der Waals surface area (Å²) in [5.41, 5.74) is 5.13. The second-order valence-corrected chi connectivity index (χ2v) is 5.40. The first-order chi connectivity index (χ1) is 7.20. The van der Waals surface area contributed by atoms with Gasteiger partial charge < -0.3 is 5.43 Å². The SMILES string of the molecule is Cc1sc(NN)cc1-c1ccc(Br)cc1. The van der Waals surface area contributed by atoms with Crippen LogP contribution in [-0.2, 0) is 0 Å². The number of rotatable bonds is 2. The summed E-state index contributed by atoms with van der Waals surface area (Å²) >= 11 is 5.09. The fraction of sp³-hybridized carbons (Fsp3) is 0.0909. The van der Waals surface area contributed by atoms with Crippen LogP contribution < -0.4 is 11.3 Å². The van der Waals surface area contributed by atoms with Crippen LogP contribution in [0.25, 0.3) is 11.1 Å². The van der Waals surface area contributed by atoms with Crippen molar-refractivity contribution in [2.75, 3.05) is 5.43 Å². The lowest BCUT2D eigenvalue weighted by atomic mass is 10.1. The van der Waals surface area contributed by atoms with Crippen molar-refractivity contribution < 1.29 is 0 Å². The average Bonchev–Trinajstić information content (AvgIpc) is 2.61. The van der Waals surface area contributed by atoms with Crippen LogP contribution in [-0.4, -0.2) is 0 Å². The van der Waals surface area contributed by atoms with Gasteiger partial charge in [0.25, 0.3) is 0 Å². The molecular weight excluding hydrogens is 272 g/mol. The molecule has 2 nitrogen and oxygen atoms in total. The van der Waals surface area contributed by atoms with Crippen LogP contribution in [0.15, 0.2) is 34.8 Å². The maximum absolute atomic E-state index is 5.39. The van der Waals surface area contributed by atoms with Gasteiger partial charge in [-0.2, -0.15) is 0 Å². The average molecular weight is 283 g/mol. The molecule has 0 unspecified atom stereocenters. The molecule has 4 heteroatoms. The fourth-order valence-corrected chi connectivity index (χ4v) is 2.59. The van der Waals surface area contributed by atoms with Gasteiger partial charge in [-0.3, -0.25) is 0 Å². The van der Waals surface area contributed by atoms with E-state index in [1.54, 1.807) is 11.3 Å². The van der Waals surface area contributed by atoms with Gasteiger partial charge in [0, 0.05) is 9.35 Å². The van der Waals surface area contributed by atoms with Gasteiger partial charge in [-0.25, -0.2) is 5.84 Å². The Morgan fingerprint density at radius 3 is 2.47 bits per heavy atom. The predicted molar refractivity (Wildman–Crippen MR) is 70.0 cm³/mol. The number of aryl methyl sites for hydroxylation is 1. The summed E-state index contributed by atoms with van der Waals surface area (Å²) in [7, 11) is 0. The second-order valence-electron chi connectivity index (χ2n) is 3.23. The van der Waals surface area contributed by atoms with Gasteiger partial charge in [-0.1, -0.05) is 28.1 Å². The Kier molecular flexibility index (Phi) is 3.09. The summed E-state index contributed by atoms with van der Waals surface area (Å²) in [5, 5.41) is 0.991. The number of hydrazine groups is 1. The minimum absolute atomic E-state index is 0.991. The largest absolute Gasteiger partial charge is 0.315 e. The molecule has 0 atom stereocenters. The quantitative estimate of drug-likeness (QED) is 0.650. The van der Waals surface area contributed by atoms with E-state index < -0.39 is 0 Å². The topological polar surface area (TPSA) is 38.0 Å². The van der Waals surface area contributed by atoms with Crippen molar-refractivity contribution in [1.29, 1.82) is 0 Å². The Hall–Kier alpha value is -0.840. The van der Waals surface area contributed by atoms with Crippen LogP contribution in [0.4, 0.5) is 5.00 Å². The van der Waals surface area contributed by atoms with Gasteiger partial charge in [-0.05, 0) is 36.2 Å². The van der Waals surface area contributed by atoms with Crippen molar-refractivity contribution >= 4 is 32.3 Å². The van der Waals surface area contributed by atoms with Gasteiger partial charge >= 0.3 is 0 Å². The van der Waals surface area contributed by atoms with E-state index in [0.29, 0.717) is 0 Å². The number of hydrogen-bond acceptors (Lipinski definition) is 3. The van der Waals surface area contributed by atoms with Crippen molar-refractivity contribution in [1.82, 2.24) is 0 Å². The molecule has 0 aliphatic rings. The van der Waals surface area contributed by atoms with Crippen LogP contribution in [0.3, 0.4) is 0 Å². The highest BCUT2D eigenvalue weighted by Gasteiger charge is 2.06. The van der Waals surface area contributed by atoms with Crippen molar-refractivity contribution in [2.24, 2.45) is 5.84 Å². The van der Waals surface area contributed by atoms with Crippen molar-refractivity contribution in [2.45, 2.75) is 6.92 Å². The first-order valence-corrected chi connectivity index (χ1v) is 6.14. The predicted octanol–water partition coefficient (Wildman–Crippen LogP) is 3.77. The molecule has 0 fully saturated rings.